The minimum atomic E-state index is -0.343. The van der Waals surface area contributed by atoms with E-state index in [0.717, 1.165) is 19.3 Å². The largest absolute Gasteiger partial charge is 0.366 e. The Kier molecular flexibility index (Phi) is 3.69. The highest BCUT2D eigenvalue weighted by Crippen LogP contribution is 2.14. The molecule has 2 nitrogen and oxygen atoms in total. The van der Waals surface area contributed by atoms with Crippen molar-refractivity contribution in [3.05, 3.63) is 34.9 Å². The van der Waals surface area contributed by atoms with E-state index in [1.165, 1.54) is 11.1 Å². The first-order valence-electron chi connectivity index (χ1n) is 5.10. The molecule has 0 heterocycles. The molecule has 1 rings (SSSR count). The van der Waals surface area contributed by atoms with Gasteiger partial charge >= 0.3 is 0 Å². The summed E-state index contributed by atoms with van der Waals surface area (Å²) < 4.78 is 0. The van der Waals surface area contributed by atoms with E-state index >= 15 is 0 Å². The highest BCUT2D eigenvalue weighted by atomic mass is 16.1. The second-order valence-corrected chi connectivity index (χ2v) is 3.45. The SMILES string of the molecule is CCCc1cc(C(N)=O)ccc1CC. The Morgan fingerprint density at radius 2 is 2.00 bits per heavy atom. The van der Waals surface area contributed by atoms with Crippen molar-refractivity contribution in [3.63, 3.8) is 0 Å². The standard InChI is InChI=1S/C12H17NO/c1-3-5-10-8-11(12(13)14)7-6-9(10)4-2/h6-8H,3-5H2,1-2H3,(H2,13,14). The van der Waals surface area contributed by atoms with Crippen LogP contribution in [0, 0.1) is 0 Å². The van der Waals surface area contributed by atoms with E-state index in [-0.39, 0.29) is 5.91 Å². The fourth-order valence-electron chi connectivity index (χ4n) is 1.63. The Hall–Kier alpha value is -1.31. The molecule has 0 radical (unpaired) electrons. The van der Waals surface area contributed by atoms with E-state index in [9.17, 15) is 4.79 Å². The third kappa shape index (κ3) is 2.34. The predicted molar refractivity (Wildman–Crippen MR) is 58.3 cm³/mol. The van der Waals surface area contributed by atoms with E-state index in [0.29, 0.717) is 5.56 Å². The number of carbonyl (C=O) groups is 1. The molecule has 0 bridgehead atoms. The molecule has 76 valence electrons. The molecule has 0 aromatic heterocycles. The van der Waals surface area contributed by atoms with Gasteiger partial charge in [-0.1, -0.05) is 26.3 Å². The number of nitrogens with two attached hydrogens (primary N) is 1. The molecule has 0 saturated carbocycles. The van der Waals surface area contributed by atoms with Gasteiger partial charge in [0.05, 0.1) is 0 Å². The van der Waals surface area contributed by atoms with Crippen LogP contribution in [0.3, 0.4) is 0 Å². The summed E-state index contributed by atoms with van der Waals surface area (Å²) in [5.41, 5.74) is 8.42. The van der Waals surface area contributed by atoms with E-state index in [2.05, 4.69) is 13.8 Å². The number of amides is 1. The second-order valence-electron chi connectivity index (χ2n) is 3.45. The molecule has 1 aromatic carbocycles. The van der Waals surface area contributed by atoms with Crippen LogP contribution in [0.4, 0.5) is 0 Å². The minimum absolute atomic E-state index is 0.343. The predicted octanol–water partition coefficient (Wildman–Crippen LogP) is 2.30. The zero-order valence-corrected chi connectivity index (χ0v) is 8.84. The van der Waals surface area contributed by atoms with Gasteiger partial charge in [0.15, 0.2) is 0 Å². The quantitative estimate of drug-likeness (QED) is 0.779. The van der Waals surface area contributed by atoms with Crippen molar-refractivity contribution in [3.8, 4) is 0 Å². The molecule has 0 aliphatic carbocycles. The molecule has 2 N–H and O–H groups in total. The summed E-state index contributed by atoms with van der Waals surface area (Å²) >= 11 is 0. The summed E-state index contributed by atoms with van der Waals surface area (Å²) in [4.78, 5) is 11.0. The average molecular weight is 191 g/mol. The molecule has 0 fully saturated rings. The van der Waals surface area contributed by atoms with Crippen LogP contribution in [0.15, 0.2) is 18.2 Å². The molecular weight excluding hydrogens is 174 g/mol. The van der Waals surface area contributed by atoms with Crippen LogP contribution < -0.4 is 5.73 Å². The number of carbonyl (C=O) groups excluding carboxylic acids is 1. The van der Waals surface area contributed by atoms with Gasteiger partial charge in [-0.2, -0.15) is 0 Å². The number of rotatable bonds is 4. The van der Waals surface area contributed by atoms with Gasteiger partial charge in [0.2, 0.25) is 5.91 Å². The monoisotopic (exact) mass is 191 g/mol. The van der Waals surface area contributed by atoms with Crippen molar-refractivity contribution < 1.29 is 4.79 Å². The van der Waals surface area contributed by atoms with E-state index in [1.807, 2.05) is 12.1 Å². The first-order chi connectivity index (χ1) is 6.69. The highest BCUT2D eigenvalue weighted by Gasteiger charge is 2.05. The van der Waals surface area contributed by atoms with Crippen molar-refractivity contribution >= 4 is 5.91 Å². The van der Waals surface area contributed by atoms with E-state index < -0.39 is 0 Å². The number of aryl methyl sites for hydroxylation is 2. The zero-order valence-electron chi connectivity index (χ0n) is 8.84. The molecule has 0 atom stereocenters. The Morgan fingerprint density at radius 1 is 1.29 bits per heavy atom. The summed E-state index contributed by atoms with van der Waals surface area (Å²) in [6, 6.07) is 5.73. The van der Waals surface area contributed by atoms with Crippen molar-refractivity contribution in [1.29, 1.82) is 0 Å². The summed E-state index contributed by atoms with van der Waals surface area (Å²) in [6.45, 7) is 4.26. The Balaban J connectivity index is 3.07. The van der Waals surface area contributed by atoms with Crippen molar-refractivity contribution in [2.45, 2.75) is 33.1 Å². The molecule has 0 aliphatic rings. The van der Waals surface area contributed by atoms with Gasteiger partial charge in [0.25, 0.3) is 0 Å². The van der Waals surface area contributed by atoms with Crippen LogP contribution in [0.2, 0.25) is 0 Å². The third-order valence-corrected chi connectivity index (χ3v) is 2.39. The molecule has 14 heavy (non-hydrogen) atoms. The van der Waals surface area contributed by atoms with Crippen LogP contribution in [0.5, 0.6) is 0 Å². The fourth-order valence-corrected chi connectivity index (χ4v) is 1.63. The molecule has 1 aromatic rings. The number of benzene rings is 1. The van der Waals surface area contributed by atoms with Crippen molar-refractivity contribution in [2.75, 3.05) is 0 Å². The van der Waals surface area contributed by atoms with Gasteiger partial charge in [-0.05, 0) is 36.1 Å². The smallest absolute Gasteiger partial charge is 0.248 e. The topological polar surface area (TPSA) is 43.1 Å². The van der Waals surface area contributed by atoms with Crippen LogP contribution in [0.25, 0.3) is 0 Å². The Bertz CT molecular complexity index is 331. The Morgan fingerprint density at radius 3 is 2.50 bits per heavy atom. The lowest BCUT2D eigenvalue weighted by Crippen LogP contribution is -2.11. The Labute approximate surface area is 85.1 Å². The van der Waals surface area contributed by atoms with Gasteiger partial charge in [-0.25, -0.2) is 0 Å². The zero-order chi connectivity index (χ0) is 10.6. The number of primary amides is 1. The van der Waals surface area contributed by atoms with Crippen LogP contribution >= 0.6 is 0 Å². The number of hydrogen-bond donors (Lipinski definition) is 1. The second kappa shape index (κ2) is 4.80. The molecule has 0 unspecified atom stereocenters. The normalized spacial score (nSPS) is 10.1. The van der Waals surface area contributed by atoms with Gasteiger partial charge in [-0.3, -0.25) is 4.79 Å². The molecule has 0 spiro atoms. The highest BCUT2D eigenvalue weighted by molar-refractivity contribution is 5.93. The van der Waals surface area contributed by atoms with Crippen LogP contribution in [-0.4, -0.2) is 5.91 Å². The molecule has 0 saturated heterocycles. The van der Waals surface area contributed by atoms with Crippen molar-refractivity contribution in [1.82, 2.24) is 0 Å². The maximum absolute atomic E-state index is 11.0. The lowest BCUT2D eigenvalue weighted by molar-refractivity contribution is 0.1000. The lowest BCUT2D eigenvalue weighted by Gasteiger charge is -2.07. The summed E-state index contributed by atoms with van der Waals surface area (Å²) in [7, 11) is 0. The van der Waals surface area contributed by atoms with Gasteiger partial charge in [0, 0.05) is 5.56 Å². The first-order valence-corrected chi connectivity index (χ1v) is 5.10. The summed E-state index contributed by atoms with van der Waals surface area (Å²) in [6.07, 6.45) is 3.12. The molecule has 0 aliphatic heterocycles. The number of hydrogen-bond acceptors (Lipinski definition) is 1. The summed E-state index contributed by atoms with van der Waals surface area (Å²) in [5.74, 6) is -0.343. The summed E-state index contributed by atoms with van der Waals surface area (Å²) in [5, 5.41) is 0. The first kappa shape index (κ1) is 10.8. The molecule has 2 heteroatoms. The van der Waals surface area contributed by atoms with Gasteiger partial charge in [0.1, 0.15) is 0 Å². The molecule has 1 amide bonds. The van der Waals surface area contributed by atoms with Gasteiger partial charge < -0.3 is 5.73 Å². The van der Waals surface area contributed by atoms with Crippen molar-refractivity contribution in [2.24, 2.45) is 5.73 Å². The lowest BCUT2D eigenvalue weighted by atomic mass is 9.98. The minimum Gasteiger partial charge on any atom is -0.366 e. The van der Waals surface area contributed by atoms with Gasteiger partial charge in [-0.15, -0.1) is 0 Å². The third-order valence-electron chi connectivity index (χ3n) is 2.39. The maximum Gasteiger partial charge on any atom is 0.248 e. The maximum atomic E-state index is 11.0. The van der Waals surface area contributed by atoms with E-state index in [4.69, 9.17) is 5.73 Å². The molecular formula is C12H17NO. The fraction of sp³-hybridized carbons (Fsp3) is 0.417. The van der Waals surface area contributed by atoms with Crippen LogP contribution in [0.1, 0.15) is 41.8 Å². The van der Waals surface area contributed by atoms with E-state index in [1.54, 1.807) is 6.07 Å². The average Bonchev–Trinajstić information content (AvgIpc) is 2.18. The van der Waals surface area contributed by atoms with Crippen LogP contribution in [-0.2, 0) is 12.8 Å².